The van der Waals surface area contributed by atoms with Gasteiger partial charge >= 0.3 is 0 Å². The predicted molar refractivity (Wildman–Crippen MR) is 82.0 cm³/mol. The lowest BCUT2D eigenvalue weighted by atomic mass is 10.1. The molecule has 7 nitrogen and oxygen atoms in total. The molecule has 1 aromatic rings. The summed E-state index contributed by atoms with van der Waals surface area (Å²) in [5.74, 6) is -0.273. The third-order valence-electron chi connectivity index (χ3n) is 3.71. The molecule has 1 N–H and O–H groups in total. The second-order valence-electron chi connectivity index (χ2n) is 5.32. The van der Waals surface area contributed by atoms with Crippen molar-refractivity contribution in [3.63, 3.8) is 0 Å². The number of carbonyl (C=O) groups is 1. The van der Waals surface area contributed by atoms with Gasteiger partial charge in [-0.2, -0.15) is 0 Å². The van der Waals surface area contributed by atoms with E-state index in [-0.39, 0.29) is 11.6 Å². The quantitative estimate of drug-likeness (QED) is 0.487. The first-order valence-corrected chi connectivity index (χ1v) is 7.41. The Morgan fingerprint density at radius 2 is 2.14 bits per heavy atom. The Bertz CT molecular complexity index is 542. The summed E-state index contributed by atoms with van der Waals surface area (Å²) < 4.78 is 5.28. The van der Waals surface area contributed by atoms with Crippen LogP contribution in [0, 0.1) is 17.0 Å². The summed E-state index contributed by atoms with van der Waals surface area (Å²) >= 11 is 0. The molecule has 7 heteroatoms. The number of nitrogens with one attached hydrogen (secondary N) is 1. The molecule has 1 saturated heterocycles. The first kappa shape index (κ1) is 16.4. The number of hydrogen-bond acceptors (Lipinski definition) is 5. The Balaban J connectivity index is 1.79. The third-order valence-corrected chi connectivity index (χ3v) is 3.71. The van der Waals surface area contributed by atoms with Crippen molar-refractivity contribution in [3.05, 3.63) is 39.4 Å². The van der Waals surface area contributed by atoms with Crippen molar-refractivity contribution >= 4 is 11.6 Å². The third kappa shape index (κ3) is 4.51. The molecule has 1 amide bonds. The standard InChI is InChI=1S/C15H21N3O4/c1-12-3-4-13(11-14(12)18(20)21)15(19)16-5-2-6-17-7-9-22-10-8-17/h3-4,11H,2,5-10H2,1H3,(H,16,19). The summed E-state index contributed by atoms with van der Waals surface area (Å²) in [6.07, 6.45) is 0.847. The minimum atomic E-state index is -0.468. The van der Waals surface area contributed by atoms with Gasteiger partial charge in [-0.15, -0.1) is 0 Å². The molecule has 1 fully saturated rings. The van der Waals surface area contributed by atoms with E-state index in [1.165, 1.54) is 6.07 Å². The molecule has 22 heavy (non-hydrogen) atoms. The van der Waals surface area contributed by atoms with Crippen LogP contribution in [0.15, 0.2) is 18.2 Å². The first-order valence-electron chi connectivity index (χ1n) is 7.41. The van der Waals surface area contributed by atoms with Crippen LogP contribution in [0.5, 0.6) is 0 Å². The highest BCUT2D eigenvalue weighted by molar-refractivity contribution is 5.94. The topological polar surface area (TPSA) is 84.7 Å². The van der Waals surface area contributed by atoms with E-state index in [2.05, 4.69) is 10.2 Å². The summed E-state index contributed by atoms with van der Waals surface area (Å²) in [5, 5.41) is 13.7. The first-order chi connectivity index (χ1) is 10.6. The molecule has 1 aromatic carbocycles. The minimum absolute atomic E-state index is 0.0269. The molecular formula is C15H21N3O4. The fourth-order valence-electron chi connectivity index (χ4n) is 2.38. The number of nitro benzene ring substituents is 1. The molecule has 0 spiro atoms. The van der Waals surface area contributed by atoms with Gasteiger partial charge in [-0.1, -0.05) is 6.07 Å². The highest BCUT2D eigenvalue weighted by Gasteiger charge is 2.15. The molecule has 120 valence electrons. The van der Waals surface area contributed by atoms with Crippen LogP contribution in [0.25, 0.3) is 0 Å². The van der Waals surface area contributed by atoms with Gasteiger partial charge in [0, 0.05) is 36.8 Å². The molecule has 1 aliphatic heterocycles. The lowest BCUT2D eigenvalue weighted by Gasteiger charge is -2.26. The van der Waals surface area contributed by atoms with Crippen molar-refractivity contribution in [1.29, 1.82) is 0 Å². The zero-order valence-electron chi connectivity index (χ0n) is 12.7. The second-order valence-corrected chi connectivity index (χ2v) is 5.32. The zero-order chi connectivity index (χ0) is 15.9. The summed E-state index contributed by atoms with van der Waals surface area (Å²) in [5.41, 5.74) is 0.846. The number of rotatable bonds is 6. The Labute approximate surface area is 129 Å². The van der Waals surface area contributed by atoms with Crippen LogP contribution >= 0.6 is 0 Å². The monoisotopic (exact) mass is 307 g/mol. The maximum atomic E-state index is 12.0. The molecule has 0 radical (unpaired) electrons. The Hall–Kier alpha value is -1.99. The molecule has 0 aliphatic carbocycles. The second kappa shape index (κ2) is 7.86. The molecule has 1 heterocycles. The normalized spacial score (nSPS) is 15.5. The van der Waals surface area contributed by atoms with Gasteiger partial charge in [0.1, 0.15) is 0 Å². The summed E-state index contributed by atoms with van der Waals surface area (Å²) in [4.78, 5) is 24.7. The number of ether oxygens (including phenoxy) is 1. The van der Waals surface area contributed by atoms with Gasteiger partial charge in [0.2, 0.25) is 0 Å². The van der Waals surface area contributed by atoms with Crippen molar-refractivity contribution in [2.45, 2.75) is 13.3 Å². The summed E-state index contributed by atoms with van der Waals surface area (Å²) in [6, 6.07) is 4.53. The SMILES string of the molecule is Cc1ccc(C(=O)NCCCN2CCOCC2)cc1[N+](=O)[O-]. The molecule has 0 atom stereocenters. The lowest BCUT2D eigenvalue weighted by molar-refractivity contribution is -0.385. The maximum Gasteiger partial charge on any atom is 0.273 e. The molecule has 0 bridgehead atoms. The number of carbonyl (C=O) groups excluding carboxylic acids is 1. The van der Waals surface area contributed by atoms with E-state index >= 15 is 0 Å². The average Bonchev–Trinajstić information content (AvgIpc) is 2.52. The number of nitro groups is 1. The highest BCUT2D eigenvalue weighted by atomic mass is 16.6. The van der Waals surface area contributed by atoms with Gasteiger partial charge in [-0.25, -0.2) is 0 Å². The molecule has 0 unspecified atom stereocenters. The Morgan fingerprint density at radius 3 is 2.82 bits per heavy atom. The molecule has 0 aromatic heterocycles. The van der Waals surface area contributed by atoms with Gasteiger partial charge in [-0.3, -0.25) is 19.8 Å². The molecule has 1 aliphatic rings. The van der Waals surface area contributed by atoms with Crippen molar-refractivity contribution in [2.75, 3.05) is 39.4 Å². The van der Waals surface area contributed by atoms with Crippen molar-refractivity contribution in [3.8, 4) is 0 Å². The number of aryl methyl sites for hydroxylation is 1. The molecular weight excluding hydrogens is 286 g/mol. The Kier molecular flexibility index (Phi) is 5.85. The largest absolute Gasteiger partial charge is 0.379 e. The van der Waals surface area contributed by atoms with Gasteiger partial charge in [0.15, 0.2) is 0 Å². The van der Waals surface area contributed by atoms with Crippen LogP contribution in [-0.4, -0.2) is 55.1 Å². The minimum Gasteiger partial charge on any atom is -0.379 e. The number of nitrogens with zero attached hydrogens (tertiary/aromatic N) is 2. The van der Waals surface area contributed by atoms with E-state index in [0.29, 0.717) is 17.7 Å². The van der Waals surface area contributed by atoms with Crippen molar-refractivity contribution < 1.29 is 14.5 Å². The van der Waals surface area contributed by atoms with E-state index in [4.69, 9.17) is 4.74 Å². The van der Waals surface area contributed by atoms with E-state index in [1.54, 1.807) is 19.1 Å². The summed E-state index contributed by atoms with van der Waals surface area (Å²) in [6.45, 7) is 6.51. The maximum absolute atomic E-state index is 12.0. The number of amides is 1. The average molecular weight is 307 g/mol. The van der Waals surface area contributed by atoms with Crippen LogP contribution in [-0.2, 0) is 4.74 Å². The lowest BCUT2D eigenvalue weighted by Crippen LogP contribution is -2.38. The van der Waals surface area contributed by atoms with E-state index in [9.17, 15) is 14.9 Å². The number of hydrogen-bond donors (Lipinski definition) is 1. The van der Waals surface area contributed by atoms with Gasteiger partial charge in [-0.05, 0) is 26.0 Å². The van der Waals surface area contributed by atoms with E-state index in [1.807, 2.05) is 0 Å². The van der Waals surface area contributed by atoms with Gasteiger partial charge in [0.25, 0.3) is 11.6 Å². The fraction of sp³-hybridized carbons (Fsp3) is 0.533. The van der Waals surface area contributed by atoms with Gasteiger partial charge in [0.05, 0.1) is 18.1 Å². The molecule has 2 rings (SSSR count). The van der Waals surface area contributed by atoms with E-state index in [0.717, 1.165) is 39.3 Å². The zero-order valence-corrected chi connectivity index (χ0v) is 12.7. The van der Waals surface area contributed by atoms with Crippen LogP contribution in [0.3, 0.4) is 0 Å². The number of benzene rings is 1. The van der Waals surface area contributed by atoms with Crippen LogP contribution in [0.2, 0.25) is 0 Å². The van der Waals surface area contributed by atoms with Gasteiger partial charge < -0.3 is 10.1 Å². The van der Waals surface area contributed by atoms with Crippen LogP contribution in [0.4, 0.5) is 5.69 Å². The van der Waals surface area contributed by atoms with E-state index < -0.39 is 4.92 Å². The molecule has 0 saturated carbocycles. The van der Waals surface area contributed by atoms with Crippen LogP contribution < -0.4 is 5.32 Å². The Morgan fingerprint density at radius 1 is 1.41 bits per heavy atom. The van der Waals surface area contributed by atoms with Crippen LogP contribution in [0.1, 0.15) is 22.3 Å². The predicted octanol–water partition coefficient (Wildman–Crippen LogP) is 1.36. The summed E-state index contributed by atoms with van der Waals surface area (Å²) in [7, 11) is 0. The highest BCUT2D eigenvalue weighted by Crippen LogP contribution is 2.19. The van der Waals surface area contributed by atoms with Crippen molar-refractivity contribution in [2.24, 2.45) is 0 Å². The fourth-order valence-corrected chi connectivity index (χ4v) is 2.38. The van der Waals surface area contributed by atoms with Crippen molar-refractivity contribution in [1.82, 2.24) is 10.2 Å². The smallest absolute Gasteiger partial charge is 0.273 e. The number of morpholine rings is 1.